The van der Waals surface area contributed by atoms with Gasteiger partial charge in [-0.15, -0.1) is 0 Å². The number of aliphatic carboxylic acids is 2. The topological polar surface area (TPSA) is 127 Å². The largest absolute Gasteiger partial charge is 0.479 e. The van der Waals surface area contributed by atoms with Crippen LogP contribution in [0, 0.1) is 0 Å². The molecule has 0 rings (SSSR count). The van der Waals surface area contributed by atoms with Crippen molar-refractivity contribution in [2.75, 3.05) is 0 Å². The van der Waals surface area contributed by atoms with Crippen LogP contribution < -0.4 is 11.5 Å². The normalized spacial score (nSPS) is 13.4. The van der Waals surface area contributed by atoms with Gasteiger partial charge in [-0.2, -0.15) is 0 Å². The molecule has 1 atom stereocenters. The molecule has 6 N–H and O–H groups in total. The van der Waals surface area contributed by atoms with E-state index in [4.69, 9.17) is 21.7 Å². The van der Waals surface area contributed by atoms with Crippen LogP contribution in [-0.4, -0.2) is 33.7 Å². The molecule has 0 amide bonds. The highest BCUT2D eigenvalue weighted by Gasteiger charge is 2.47. The highest BCUT2D eigenvalue weighted by atomic mass is 16.4. The van der Waals surface area contributed by atoms with E-state index in [-0.39, 0.29) is 0 Å². The van der Waals surface area contributed by atoms with Gasteiger partial charge >= 0.3 is 11.9 Å². The number of hydrogen-bond donors (Lipinski definition) is 4. The number of carboxylic acid groups (broad SMARTS) is 2. The van der Waals surface area contributed by atoms with Gasteiger partial charge < -0.3 is 21.7 Å². The van der Waals surface area contributed by atoms with Crippen molar-refractivity contribution < 1.29 is 19.8 Å². The van der Waals surface area contributed by atoms with Gasteiger partial charge in [0.15, 0.2) is 0 Å². The second kappa shape index (κ2) is 7.24. The van der Waals surface area contributed by atoms with Crippen LogP contribution in [-0.2, 0) is 9.59 Å². The smallest absolute Gasteiger partial charge is 0.337 e. The summed E-state index contributed by atoms with van der Waals surface area (Å²) in [4.78, 5) is 21.7. The van der Waals surface area contributed by atoms with Gasteiger partial charge in [0.2, 0.25) is 5.54 Å². The summed E-state index contributed by atoms with van der Waals surface area (Å²) in [5, 5.41) is 17.7. The number of rotatable bonds is 9. The Labute approximate surface area is 101 Å². The van der Waals surface area contributed by atoms with Gasteiger partial charge in [0.25, 0.3) is 0 Å². The molecule has 100 valence electrons. The summed E-state index contributed by atoms with van der Waals surface area (Å²) in [7, 11) is 0. The van der Waals surface area contributed by atoms with Crippen LogP contribution in [0.5, 0.6) is 0 Å². The third-order valence-corrected chi connectivity index (χ3v) is 2.91. The molecular formula is C11H22N2O4. The molecule has 0 spiro atoms. The minimum atomic E-state index is -2.38. The second-order valence-corrected chi connectivity index (χ2v) is 4.29. The van der Waals surface area contributed by atoms with Crippen LogP contribution in [0.4, 0.5) is 0 Å². The highest BCUT2D eigenvalue weighted by Crippen LogP contribution is 2.14. The van der Waals surface area contributed by atoms with Crippen LogP contribution in [0.1, 0.15) is 45.4 Å². The van der Waals surface area contributed by atoms with Crippen molar-refractivity contribution in [3.8, 4) is 0 Å². The molecule has 0 bridgehead atoms. The summed E-state index contributed by atoms with van der Waals surface area (Å²) in [6.07, 6.45) is 5.18. The van der Waals surface area contributed by atoms with E-state index in [1.54, 1.807) is 0 Å². The van der Waals surface area contributed by atoms with Crippen LogP contribution >= 0.6 is 0 Å². The summed E-state index contributed by atoms with van der Waals surface area (Å²) in [6.45, 7) is 2.09. The Morgan fingerprint density at radius 3 is 2.00 bits per heavy atom. The van der Waals surface area contributed by atoms with E-state index in [2.05, 4.69) is 6.92 Å². The van der Waals surface area contributed by atoms with Gasteiger partial charge in [-0.05, 0) is 6.42 Å². The molecule has 0 fully saturated rings. The van der Waals surface area contributed by atoms with Crippen LogP contribution in [0.2, 0.25) is 0 Å². The Hall–Kier alpha value is -1.14. The lowest BCUT2D eigenvalue weighted by molar-refractivity contribution is -0.158. The van der Waals surface area contributed by atoms with E-state index in [9.17, 15) is 9.59 Å². The van der Waals surface area contributed by atoms with E-state index in [1.807, 2.05) is 0 Å². The number of unbranched alkanes of at least 4 members (excludes halogenated alkanes) is 4. The van der Waals surface area contributed by atoms with Crippen molar-refractivity contribution >= 4 is 11.9 Å². The molecule has 0 heterocycles. The first kappa shape index (κ1) is 15.9. The van der Waals surface area contributed by atoms with Gasteiger partial charge in [-0.25, -0.2) is 9.59 Å². The third kappa shape index (κ3) is 4.32. The maximum Gasteiger partial charge on any atom is 0.337 e. The maximum absolute atomic E-state index is 10.9. The number of hydrogen-bond acceptors (Lipinski definition) is 4. The molecule has 0 aromatic rings. The van der Waals surface area contributed by atoms with Crippen LogP contribution in [0.3, 0.4) is 0 Å². The summed E-state index contributed by atoms with van der Waals surface area (Å²) < 4.78 is 0. The minimum Gasteiger partial charge on any atom is -0.479 e. The molecule has 0 radical (unpaired) electrons. The molecule has 0 aromatic heterocycles. The Kier molecular flexibility index (Phi) is 6.75. The Morgan fingerprint density at radius 1 is 1.12 bits per heavy atom. The SMILES string of the molecule is CCCCCCCC(N)C(N)(C(=O)O)C(=O)O. The van der Waals surface area contributed by atoms with Gasteiger partial charge in [-0.1, -0.05) is 39.0 Å². The van der Waals surface area contributed by atoms with E-state index in [0.29, 0.717) is 12.8 Å². The fourth-order valence-corrected chi connectivity index (χ4v) is 1.60. The lowest BCUT2D eigenvalue weighted by Crippen LogP contribution is -2.66. The predicted molar refractivity (Wildman–Crippen MR) is 63.5 cm³/mol. The molecule has 0 aromatic carbocycles. The zero-order valence-corrected chi connectivity index (χ0v) is 10.2. The Bertz CT molecular complexity index is 254. The van der Waals surface area contributed by atoms with Crippen molar-refractivity contribution in [2.45, 2.75) is 57.0 Å². The molecule has 1 unspecified atom stereocenters. The van der Waals surface area contributed by atoms with Crippen molar-refractivity contribution in [1.82, 2.24) is 0 Å². The van der Waals surface area contributed by atoms with E-state index in [1.165, 1.54) is 0 Å². The van der Waals surface area contributed by atoms with Crippen LogP contribution in [0.15, 0.2) is 0 Å². The third-order valence-electron chi connectivity index (χ3n) is 2.91. The molecule has 0 saturated carbocycles. The zero-order chi connectivity index (χ0) is 13.5. The monoisotopic (exact) mass is 246 g/mol. The number of carboxylic acids is 2. The lowest BCUT2D eigenvalue weighted by Gasteiger charge is -2.26. The quantitative estimate of drug-likeness (QED) is 0.347. The molecule has 17 heavy (non-hydrogen) atoms. The van der Waals surface area contributed by atoms with Gasteiger partial charge in [-0.3, -0.25) is 0 Å². The summed E-state index contributed by atoms with van der Waals surface area (Å²) in [5.74, 6) is -3.18. The molecule has 0 saturated heterocycles. The Morgan fingerprint density at radius 2 is 1.59 bits per heavy atom. The first-order valence-corrected chi connectivity index (χ1v) is 5.88. The molecular weight excluding hydrogens is 224 g/mol. The van der Waals surface area contributed by atoms with Crippen molar-refractivity contribution in [2.24, 2.45) is 11.5 Å². The van der Waals surface area contributed by atoms with Gasteiger partial charge in [0, 0.05) is 6.04 Å². The standard InChI is InChI=1S/C11H22N2O4/c1-2-3-4-5-6-7-8(12)11(13,9(14)15)10(16)17/h8H,2-7,12-13H2,1H3,(H,14,15)(H,16,17). The maximum atomic E-state index is 10.9. The summed E-state index contributed by atoms with van der Waals surface area (Å²) in [5.41, 5.74) is 8.54. The van der Waals surface area contributed by atoms with Crippen molar-refractivity contribution in [3.63, 3.8) is 0 Å². The van der Waals surface area contributed by atoms with Crippen LogP contribution in [0.25, 0.3) is 0 Å². The predicted octanol–water partition coefficient (Wildman–Crippen LogP) is 0.541. The molecule has 0 aliphatic rings. The molecule has 0 aliphatic carbocycles. The van der Waals surface area contributed by atoms with E-state index in [0.717, 1.165) is 25.7 Å². The Balaban J connectivity index is 4.22. The second-order valence-electron chi connectivity index (χ2n) is 4.29. The first-order chi connectivity index (χ1) is 7.87. The lowest BCUT2D eigenvalue weighted by atomic mass is 9.88. The fourth-order valence-electron chi connectivity index (χ4n) is 1.60. The van der Waals surface area contributed by atoms with Crippen molar-refractivity contribution in [3.05, 3.63) is 0 Å². The highest BCUT2D eigenvalue weighted by molar-refractivity contribution is 6.03. The summed E-state index contributed by atoms with van der Waals surface area (Å²) >= 11 is 0. The fraction of sp³-hybridized carbons (Fsp3) is 0.818. The molecule has 6 nitrogen and oxygen atoms in total. The zero-order valence-electron chi connectivity index (χ0n) is 10.2. The number of carbonyl (C=O) groups is 2. The van der Waals surface area contributed by atoms with Gasteiger partial charge in [0.1, 0.15) is 0 Å². The van der Waals surface area contributed by atoms with E-state index < -0.39 is 23.5 Å². The average molecular weight is 246 g/mol. The summed E-state index contributed by atoms with van der Waals surface area (Å²) in [6, 6.07) is -1.07. The minimum absolute atomic E-state index is 0.304. The van der Waals surface area contributed by atoms with Gasteiger partial charge in [0.05, 0.1) is 0 Å². The molecule has 6 heteroatoms. The molecule has 0 aliphatic heterocycles. The van der Waals surface area contributed by atoms with E-state index >= 15 is 0 Å². The van der Waals surface area contributed by atoms with Crippen molar-refractivity contribution in [1.29, 1.82) is 0 Å². The first-order valence-electron chi connectivity index (χ1n) is 5.88. The number of nitrogens with two attached hydrogens (primary N) is 2. The average Bonchev–Trinajstić information content (AvgIpc) is 2.26.